The van der Waals surface area contributed by atoms with Crippen LogP contribution in [0.25, 0.3) is 10.9 Å². The van der Waals surface area contributed by atoms with Crippen molar-refractivity contribution in [3.05, 3.63) is 28.4 Å². The van der Waals surface area contributed by atoms with E-state index < -0.39 is 0 Å². The standard InChI is InChI=1S/C10H10BrNO2/c1-14-8-4-2-3-6-9(8)10(11)7(5-13)12-6/h2-4,12-13H,5H2,1H3. The number of aromatic nitrogens is 1. The van der Waals surface area contributed by atoms with E-state index in [4.69, 9.17) is 9.84 Å². The third-order valence-electron chi connectivity index (χ3n) is 2.17. The van der Waals surface area contributed by atoms with Gasteiger partial charge in [0, 0.05) is 0 Å². The van der Waals surface area contributed by atoms with E-state index in [1.54, 1.807) is 7.11 Å². The summed E-state index contributed by atoms with van der Waals surface area (Å²) in [5.41, 5.74) is 1.73. The van der Waals surface area contributed by atoms with Crippen molar-refractivity contribution in [2.24, 2.45) is 0 Å². The summed E-state index contributed by atoms with van der Waals surface area (Å²) in [6, 6.07) is 5.75. The van der Waals surface area contributed by atoms with E-state index in [0.717, 1.165) is 26.8 Å². The molecule has 3 nitrogen and oxygen atoms in total. The zero-order chi connectivity index (χ0) is 10.1. The molecule has 0 atom stereocenters. The van der Waals surface area contributed by atoms with E-state index >= 15 is 0 Å². The maximum absolute atomic E-state index is 9.08. The molecule has 2 N–H and O–H groups in total. The molecule has 2 aromatic rings. The summed E-state index contributed by atoms with van der Waals surface area (Å²) in [7, 11) is 1.63. The van der Waals surface area contributed by atoms with E-state index in [0.29, 0.717) is 0 Å². The molecule has 1 aromatic carbocycles. The molecule has 4 heteroatoms. The van der Waals surface area contributed by atoms with Gasteiger partial charge in [0.1, 0.15) is 5.75 Å². The number of benzene rings is 1. The molecule has 1 heterocycles. The molecular formula is C10H10BrNO2. The summed E-state index contributed by atoms with van der Waals surface area (Å²) < 4.78 is 6.10. The van der Waals surface area contributed by atoms with Gasteiger partial charge in [-0.1, -0.05) is 6.07 Å². The monoisotopic (exact) mass is 255 g/mol. The summed E-state index contributed by atoms with van der Waals surface area (Å²) in [6.45, 7) is -0.0155. The number of fused-ring (bicyclic) bond motifs is 1. The molecule has 0 aliphatic rings. The molecule has 0 radical (unpaired) electrons. The predicted octanol–water partition coefficient (Wildman–Crippen LogP) is 2.43. The van der Waals surface area contributed by atoms with E-state index in [1.165, 1.54) is 0 Å². The topological polar surface area (TPSA) is 45.2 Å². The highest BCUT2D eigenvalue weighted by molar-refractivity contribution is 9.10. The van der Waals surface area contributed by atoms with Crippen LogP contribution in [0.3, 0.4) is 0 Å². The average molecular weight is 256 g/mol. The average Bonchev–Trinajstić information content (AvgIpc) is 2.55. The Balaban J connectivity index is 2.79. The molecule has 0 bridgehead atoms. The van der Waals surface area contributed by atoms with Crippen LogP contribution in [0.4, 0.5) is 0 Å². The molecule has 14 heavy (non-hydrogen) atoms. The molecular weight excluding hydrogens is 246 g/mol. The van der Waals surface area contributed by atoms with Gasteiger partial charge >= 0.3 is 0 Å². The summed E-state index contributed by atoms with van der Waals surface area (Å²) in [5, 5.41) is 10.1. The Morgan fingerprint density at radius 2 is 2.29 bits per heavy atom. The van der Waals surface area contributed by atoms with Crippen molar-refractivity contribution in [3.63, 3.8) is 0 Å². The minimum absolute atomic E-state index is 0.0155. The van der Waals surface area contributed by atoms with Crippen LogP contribution in [0.1, 0.15) is 5.69 Å². The lowest BCUT2D eigenvalue weighted by Gasteiger charge is -2.00. The van der Waals surface area contributed by atoms with Crippen LogP contribution in [-0.2, 0) is 6.61 Å². The number of halogens is 1. The van der Waals surface area contributed by atoms with E-state index in [9.17, 15) is 0 Å². The van der Waals surface area contributed by atoms with Gasteiger partial charge in [-0.25, -0.2) is 0 Å². The lowest BCUT2D eigenvalue weighted by molar-refractivity contribution is 0.277. The van der Waals surface area contributed by atoms with E-state index in [1.807, 2.05) is 18.2 Å². The first kappa shape index (κ1) is 9.55. The highest BCUT2D eigenvalue weighted by Gasteiger charge is 2.11. The molecule has 0 spiro atoms. The fraction of sp³-hybridized carbons (Fsp3) is 0.200. The molecule has 74 valence electrons. The van der Waals surface area contributed by atoms with Gasteiger partial charge in [0.15, 0.2) is 0 Å². The molecule has 0 aliphatic heterocycles. The van der Waals surface area contributed by atoms with Gasteiger partial charge in [-0.05, 0) is 28.1 Å². The predicted molar refractivity (Wildman–Crippen MR) is 58.5 cm³/mol. The number of aliphatic hydroxyl groups is 1. The van der Waals surface area contributed by atoms with Gasteiger partial charge < -0.3 is 14.8 Å². The summed E-state index contributed by atoms with van der Waals surface area (Å²) in [5.74, 6) is 0.797. The molecule has 0 fully saturated rings. The molecule has 0 saturated carbocycles. The van der Waals surface area contributed by atoms with Crippen LogP contribution < -0.4 is 4.74 Å². The van der Waals surface area contributed by atoms with Crippen molar-refractivity contribution in [3.8, 4) is 5.75 Å². The number of nitrogens with one attached hydrogen (secondary N) is 1. The highest BCUT2D eigenvalue weighted by Crippen LogP contribution is 2.34. The second-order valence-corrected chi connectivity index (χ2v) is 3.75. The van der Waals surface area contributed by atoms with Crippen LogP contribution in [0.2, 0.25) is 0 Å². The lowest BCUT2D eigenvalue weighted by atomic mass is 10.2. The first-order valence-corrected chi connectivity index (χ1v) is 5.01. The lowest BCUT2D eigenvalue weighted by Crippen LogP contribution is -1.83. The highest BCUT2D eigenvalue weighted by atomic mass is 79.9. The minimum atomic E-state index is -0.0155. The maximum atomic E-state index is 9.08. The van der Waals surface area contributed by atoms with Crippen molar-refractivity contribution < 1.29 is 9.84 Å². The number of aromatic amines is 1. The SMILES string of the molecule is COc1cccc2[nH]c(CO)c(Br)c12. The van der Waals surface area contributed by atoms with Crippen molar-refractivity contribution in [1.29, 1.82) is 0 Å². The smallest absolute Gasteiger partial charge is 0.129 e. The maximum Gasteiger partial charge on any atom is 0.129 e. The third kappa shape index (κ3) is 1.31. The van der Waals surface area contributed by atoms with Crippen molar-refractivity contribution in [2.75, 3.05) is 7.11 Å². The minimum Gasteiger partial charge on any atom is -0.496 e. The van der Waals surface area contributed by atoms with Gasteiger partial charge in [-0.2, -0.15) is 0 Å². The largest absolute Gasteiger partial charge is 0.496 e. The zero-order valence-corrected chi connectivity index (χ0v) is 9.26. The van der Waals surface area contributed by atoms with Gasteiger partial charge in [-0.15, -0.1) is 0 Å². The quantitative estimate of drug-likeness (QED) is 0.866. The Morgan fingerprint density at radius 1 is 1.50 bits per heavy atom. The summed E-state index contributed by atoms with van der Waals surface area (Å²) >= 11 is 3.43. The number of H-pyrrole nitrogens is 1. The molecule has 2 rings (SSSR count). The number of aliphatic hydroxyl groups excluding tert-OH is 1. The second kappa shape index (κ2) is 3.63. The fourth-order valence-corrected chi connectivity index (χ4v) is 2.14. The van der Waals surface area contributed by atoms with Crippen LogP contribution in [0.15, 0.2) is 22.7 Å². The molecule has 0 unspecified atom stereocenters. The number of ether oxygens (including phenoxy) is 1. The Labute approximate surface area is 89.8 Å². The second-order valence-electron chi connectivity index (χ2n) is 2.96. The fourth-order valence-electron chi connectivity index (χ4n) is 1.51. The Kier molecular flexibility index (Phi) is 2.48. The Bertz CT molecular complexity index is 464. The Morgan fingerprint density at radius 3 is 2.93 bits per heavy atom. The van der Waals surface area contributed by atoms with Crippen LogP contribution in [0.5, 0.6) is 5.75 Å². The molecule has 0 aliphatic carbocycles. The van der Waals surface area contributed by atoms with Crippen molar-refractivity contribution in [1.82, 2.24) is 4.98 Å². The van der Waals surface area contributed by atoms with E-state index in [2.05, 4.69) is 20.9 Å². The molecule has 0 amide bonds. The van der Waals surface area contributed by atoms with Crippen molar-refractivity contribution >= 4 is 26.8 Å². The molecule has 1 aromatic heterocycles. The number of hydrogen-bond donors (Lipinski definition) is 2. The zero-order valence-electron chi connectivity index (χ0n) is 7.67. The van der Waals surface area contributed by atoms with Crippen molar-refractivity contribution in [2.45, 2.75) is 6.61 Å². The third-order valence-corrected chi connectivity index (χ3v) is 3.05. The van der Waals surface area contributed by atoms with Crippen LogP contribution >= 0.6 is 15.9 Å². The normalized spacial score (nSPS) is 10.8. The number of rotatable bonds is 2. The van der Waals surface area contributed by atoms with Gasteiger partial charge in [0.2, 0.25) is 0 Å². The molecule has 0 saturated heterocycles. The number of hydrogen-bond acceptors (Lipinski definition) is 2. The van der Waals surface area contributed by atoms with Gasteiger partial charge in [0.25, 0.3) is 0 Å². The summed E-state index contributed by atoms with van der Waals surface area (Å²) in [6.07, 6.45) is 0. The number of methoxy groups -OCH3 is 1. The Hall–Kier alpha value is -1.00. The van der Waals surface area contributed by atoms with Crippen LogP contribution in [0, 0.1) is 0 Å². The van der Waals surface area contributed by atoms with Crippen LogP contribution in [-0.4, -0.2) is 17.2 Å². The summed E-state index contributed by atoms with van der Waals surface area (Å²) in [4.78, 5) is 3.11. The van der Waals surface area contributed by atoms with E-state index in [-0.39, 0.29) is 6.61 Å². The first-order chi connectivity index (χ1) is 6.77. The first-order valence-electron chi connectivity index (χ1n) is 4.22. The van der Waals surface area contributed by atoms with Gasteiger partial charge in [-0.3, -0.25) is 0 Å². The van der Waals surface area contributed by atoms with Gasteiger partial charge in [0.05, 0.1) is 34.8 Å².